The van der Waals surface area contributed by atoms with Gasteiger partial charge in [-0.15, -0.1) is 0 Å². The standard InChI is InChI=1S/C21H41N7O6/c1-11(2)8-13(22)17(30)26-14(6-5-7-25-21(23)24)18(31)28-16(10-29)19(32)27-15(20(33)34)9-12(3)4/h11-16,29H,5-10,22H2,1-4H3,(H,26,30)(H,27,32)(H,28,31)(H,33,34)(H4,23,24,25). The normalized spacial score (nSPS) is 14.6. The van der Waals surface area contributed by atoms with Gasteiger partial charge in [0.05, 0.1) is 12.6 Å². The predicted octanol–water partition coefficient (Wildman–Crippen LogP) is -2.01. The molecule has 4 atom stereocenters. The minimum Gasteiger partial charge on any atom is -0.480 e. The lowest BCUT2D eigenvalue weighted by atomic mass is 10.0. The predicted molar refractivity (Wildman–Crippen MR) is 127 cm³/mol. The van der Waals surface area contributed by atoms with E-state index in [-0.39, 0.29) is 37.2 Å². The van der Waals surface area contributed by atoms with Crippen molar-refractivity contribution in [1.29, 1.82) is 0 Å². The number of rotatable bonds is 16. The Kier molecular flexibility index (Phi) is 14.5. The topological polar surface area (TPSA) is 235 Å². The number of guanidine groups is 1. The van der Waals surface area contributed by atoms with Gasteiger partial charge in [-0.25, -0.2) is 4.79 Å². The molecule has 34 heavy (non-hydrogen) atoms. The first-order valence-electron chi connectivity index (χ1n) is 11.3. The molecule has 0 bridgehead atoms. The number of aliphatic hydroxyl groups excluding tert-OH is 1. The number of hydrogen-bond acceptors (Lipinski definition) is 7. The largest absolute Gasteiger partial charge is 0.480 e. The van der Waals surface area contributed by atoms with Crippen molar-refractivity contribution in [3.05, 3.63) is 0 Å². The minimum atomic E-state index is -1.41. The molecule has 0 aromatic rings. The van der Waals surface area contributed by atoms with E-state index in [1.165, 1.54) is 0 Å². The van der Waals surface area contributed by atoms with Crippen molar-refractivity contribution in [3.63, 3.8) is 0 Å². The molecule has 0 aromatic carbocycles. The molecule has 0 aromatic heterocycles. The van der Waals surface area contributed by atoms with Gasteiger partial charge in [0.2, 0.25) is 17.7 Å². The lowest BCUT2D eigenvalue weighted by Crippen LogP contribution is -2.58. The maximum absolute atomic E-state index is 12.9. The molecule has 0 aliphatic heterocycles. The molecular formula is C21H41N7O6. The molecule has 0 radical (unpaired) electrons. The van der Waals surface area contributed by atoms with Crippen molar-refractivity contribution in [2.24, 2.45) is 34.0 Å². The molecule has 0 saturated carbocycles. The molecule has 196 valence electrons. The van der Waals surface area contributed by atoms with Crippen molar-refractivity contribution in [1.82, 2.24) is 16.0 Å². The zero-order valence-electron chi connectivity index (χ0n) is 20.4. The highest BCUT2D eigenvalue weighted by atomic mass is 16.4. The van der Waals surface area contributed by atoms with E-state index in [9.17, 15) is 29.4 Å². The average molecular weight is 488 g/mol. The van der Waals surface area contributed by atoms with E-state index in [2.05, 4.69) is 20.9 Å². The smallest absolute Gasteiger partial charge is 0.326 e. The van der Waals surface area contributed by atoms with Gasteiger partial charge in [0, 0.05) is 6.54 Å². The number of amides is 3. The second-order valence-electron chi connectivity index (χ2n) is 9.02. The molecule has 3 amide bonds. The zero-order valence-corrected chi connectivity index (χ0v) is 20.4. The molecule has 0 aliphatic rings. The maximum Gasteiger partial charge on any atom is 0.326 e. The van der Waals surface area contributed by atoms with Crippen LogP contribution in [0.15, 0.2) is 4.99 Å². The lowest BCUT2D eigenvalue weighted by Gasteiger charge is -2.25. The number of carboxylic acid groups (broad SMARTS) is 1. The fourth-order valence-corrected chi connectivity index (χ4v) is 3.10. The van der Waals surface area contributed by atoms with Gasteiger partial charge >= 0.3 is 5.97 Å². The van der Waals surface area contributed by atoms with Crippen LogP contribution in [-0.4, -0.2) is 77.2 Å². The van der Waals surface area contributed by atoms with Crippen LogP contribution in [0.2, 0.25) is 0 Å². The molecule has 0 fully saturated rings. The van der Waals surface area contributed by atoms with Crippen LogP contribution in [0, 0.1) is 11.8 Å². The van der Waals surface area contributed by atoms with E-state index in [0.717, 1.165) is 0 Å². The van der Waals surface area contributed by atoms with Gasteiger partial charge in [-0.2, -0.15) is 0 Å². The number of carbonyl (C=O) groups excluding carboxylic acids is 3. The van der Waals surface area contributed by atoms with Gasteiger partial charge in [-0.05, 0) is 37.5 Å². The zero-order chi connectivity index (χ0) is 26.4. The van der Waals surface area contributed by atoms with Crippen LogP contribution in [0.4, 0.5) is 0 Å². The molecule has 13 heteroatoms. The Balaban J connectivity index is 5.35. The summed E-state index contributed by atoms with van der Waals surface area (Å²) in [5, 5.41) is 26.2. The molecule has 0 saturated heterocycles. The lowest BCUT2D eigenvalue weighted by molar-refractivity contribution is -0.143. The average Bonchev–Trinajstić information content (AvgIpc) is 2.71. The summed E-state index contributed by atoms with van der Waals surface area (Å²) < 4.78 is 0. The Morgan fingerprint density at radius 1 is 0.824 bits per heavy atom. The fraction of sp³-hybridized carbons (Fsp3) is 0.762. The minimum absolute atomic E-state index is 0.0107. The number of nitrogens with zero attached hydrogens (tertiary/aromatic N) is 1. The summed E-state index contributed by atoms with van der Waals surface area (Å²) in [7, 11) is 0. The van der Waals surface area contributed by atoms with Crippen LogP contribution >= 0.6 is 0 Å². The van der Waals surface area contributed by atoms with Crippen molar-refractivity contribution >= 4 is 29.7 Å². The Hall–Kier alpha value is -2.93. The van der Waals surface area contributed by atoms with E-state index in [4.69, 9.17) is 17.2 Å². The van der Waals surface area contributed by atoms with E-state index in [1.54, 1.807) is 13.8 Å². The summed E-state index contributed by atoms with van der Waals surface area (Å²) in [4.78, 5) is 53.1. The quantitative estimate of drug-likeness (QED) is 0.0681. The second kappa shape index (κ2) is 15.8. The van der Waals surface area contributed by atoms with E-state index in [0.29, 0.717) is 12.8 Å². The first-order chi connectivity index (χ1) is 15.8. The number of carboxylic acids is 1. The SMILES string of the molecule is CC(C)CC(N)C(=O)NC(CCCN=C(N)N)C(=O)NC(CO)C(=O)NC(CC(C)C)C(=O)O. The third-order valence-corrected chi connectivity index (χ3v) is 4.78. The van der Waals surface area contributed by atoms with Crippen LogP contribution in [0.25, 0.3) is 0 Å². The first kappa shape index (κ1) is 31.1. The molecule has 4 unspecified atom stereocenters. The Labute approximate surface area is 200 Å². The molecular weight excluding hydrogens is 446 g/mol. The van der Waals surface area contributed by atoms with Crippen LogP contribution < -0.4 is 33.2 Å². The molecule has 11 N–H and O–H groups in total. The van der Waals surface area contributed by atoms with Gasteiger partial charge in [0.25, 0.3) is 0 Å². The summed E-state index contributed by atoms with van der Waals surface area (Å²) in [5.41, 5.74) is 16.5. The summed E-state index contributed by atoms with van der Waals surface area (Å²) in [6.45, 7) is 6.84. The highest BCUT2D eigenvalue weighted by Gasteiger charge is 2.30. The molecule has 0 spiro atoms. The number of aliphatic carboxylic acids is 1. The number of hydrogen-bond donors (Lipinski definition) is 8. The third kappa shape index (κ3) is 12.9. The number of carbonyl (C=O) groups is 4. The van der Waals surface area contributed by atoms with E-state index < -0.39 is 54.5 Å². The van der Waals surface area contributed by atoms with Gasteiger partial charge in [-0.3, -0.25) is 19.4 Å². The van der Waals surface area contributed by atoms with Crippen LogP contribution in [0.5, 0.6) is 0 Å². The van der Waals surface area contributed by atoms with Crippen molar-refractivity contribution in [2.45, 2.75) is 77.5 Å². The number of nitrogens with one attached hydrogen (secondary N) is 3. The number of aliphatic imine (C=N–C) groups is 1. The molecule has 0 rings (SSSR count). The Morgan fingerprint density at radius 2 is 1.32 bits per heavy atom. The monoisotopic (exact) mass is 487 g/mol. The van der Waals surface area contributed by atoms with E-state index >= 15 is 0 Å². The fourth-order valence-electron chi connectivity index (χ4n) is 3.10. The molecule has 0 aliphatic carbocycles. The molecule has 13 nitrogen and oxygen atoms in total. The van der Waals surface area contributed by atoms with Crippen LogP contribution in [0.1, 0.15) is 53.4 Å². The van der Waals surface area contributed by atoms with Gasteiger partial charge in [-0.1, -0.05) is 27.7 Å². The van der Waals surface area contributed by atoms with E-state index in [1.807, 2.05) is 13.8 Å². The Bertz CT molecular complexity index is 710. The first-order valence-corrected chi connectivity index (χ1v) is 11.3. The second-order valence-corrected chi connectivity index (χ2v) is 9.02. The molecule has 0 heterocycles. The van der Waals surface area contributed by atoms with Gasteiger partial charge in [0.15, 0.2) is 5.96 Å². The summed E-state index contributed by atoms with van der Waals surface area (Å²) in [5.74, 6) is -3.33. The van der Waals surface area contributed by atoms with Crippen molar-refractivity contribution in [2.75, 3.05) is 13.2 Å². The van der Waals surface area contributed by atoms with Crippen LogP contribution in [0.3, 0.4) is 0 Å². The number of nitrogens with two attached hydrogens (primary N) is 3. The maximum atomic E-state index is 12.9. The highest BCUT2D eigenvalue weighted by molar-refractivity contribution is 5.94. The summed E-state index contributed by atoms with van der Waals surface area (Å²) in [6, 6.07) is -4.50. The van der Waals surface area contributed by atoms with Crippen molar-refractivity contribution in [3.8, 4) is 0 Å². The van der Waals surface area contributed by atoms with Crippen LogP contribution in [-0.2, 0) is 19.2 Å². The number of aliphatic hydroxyl groups is 1. The Morgan fingerprint density at radius 3 is 1.79 bits per heavy atom. The summed E-state index contributed by atoms with van der Waals surface area (Å²) >= 11 is 0. The highest BCUT2D eigenvalue weighted by Crippen LogP contribution is 2.07. The third-order valence-electron chi connectivity index (χ3n) is 4.78. The van der Waals surface area contributed by atoms with Gasteiger partial charge < -0.3 is 43.4 Å². The van der Waals surface area contributed by atoms with Gasteiger partial charge in [0.1, 0.15) is 18.1 Å². The summed E-state index contributed by atoms with van der Waals surface area (Å²) in [6.07, 6.45) is 1.04. The van der Waals surface area contributed by atoms with Crippen molar-refractivity contribution < 1.29 is 29.4 Å².